The average Bonchev–Trinajstić information content (AvgIpc) is 3.73. The number of unbranched alkanes of at least 4 members (excludes halogenated alkanes) is 2. The highest BCUT2D eigenvalue weighted by atomic mass is 32.1. The highest BCUT2D eigenvalue weighted by Crippen LogP contribution is 2.25. The summed E-state index contributed by atoms with van der Waals surface area (Å²) in [5, 5.41) is 33.2. The van der Waals surface area contributed by atoms with Gasteiger partial charge in [0.2, 0.25) is 29.5 Å². The fraction of sp³-hybridized carbons (Fsp3) is 0.471. The van der Waals surface area contributed by atoms with Gasteiger partial charge < -0.3 is 47.1 Å². The molecule has 17 heteroatoms. The molecular weight excluding hydrogens is 887 g/mol. The van der Waals surface area contributed by atoms with Gasteiger partial charge in [-0.25, -0.2) is 0 Å². The minimum atomic E-state index is -1.54. The van der Waals surface area contributed by atoms with Crippen LogP contribution in [0.2, 0.25) is 0 Å². The van der Waals surface area contributed by atoms with E-state index >= 15 is 0 Å². The third-order valence-corrected chi connectivity index (χ3v) is 12.8. The molecule has 1 aliphatic rings. The lowest BCUT2D eigenvalue weighted by atomic mass is 9.87. The summed E-state index contributed by atoms with van der Waals surface area (Å²) in [7, 11) is 1.46. The highest BCUT2D eigenvalue weighted by molar-refractivity contribution is 7.80. The fourth-order valence-electron chi connectivity index (χ4n) is 8.69. The SMILES string of the molecule is C[C@@H](O)[C@@H]1NC(=O)[C@H](CCCCN)CC(=O)[C@@H](Cc2c[nH]c3ccccc23)NC(=O)[C@H](Cc2ccc(O)cc2)CC(=O)[C@H](CCCCNC(=O)CCS)N(C)C(=O)[C@H](Cc2ccccc2)NC1=O. The summed E-state index contributed by atoms with van der Waals surface area (Å²) in [5.74, 6) is -5.48. The molecule has 16 nitrogen and oxygen atoms in total. The number of thiol groups is 1. The number of aliphatic hydroxyl groups excluding tert-OH is 1. The summed E-state index contributed by atoms with van der Waals surface area (Å²) >= 11 is 4.12. The number of benzene rings is 3. The van der Waals surface area contributed by atoms with Crippen LogP contribution in [0.1, 0.15) is 81.4 Å². The second kappa shape index (κ2) is 26.5. The predicted octanol–water partition coefficient (Wildman–Crippen LogP) is 3.46. The number of aromatic amines is 1. The Labute approximate surface area is 403 Å². The van der Waals surface area contributed by atoms with E-state index in [1.807, 2.05) is 24.3 Å². The predicted molar refractivity (Wildman–Crippen MR) is 262 cm³/mol. The van der Waals surface area contributed by atoms with Gasteiger partial charge in [0, 0.05) is 74.6 Å². The standard InChI is InChI=1S/C51H67N7O9S/c1-32(59)47-50(66)56-42(27-33-12-4-3-5-13-33)51(67)58(2)43(17-9-11-24-53-46(63)22-25-68)45(62)30-36(26-34-18-20-38(60)21-19-34)49(65)55-41(28-37-31-54-40-16-7-6-15-39(37)40)44(61)29-35(48(64)57-47)14-8-10-23-52/h3-7,12-13,15-16,18-21,31-32,35-36,41-43,47,54,59-60,68H,8-11,14,17,22-30,52H2,1-2H3,(H,53,63)(H,55,65)(H,56,66)(H,57,64)/t32-,35-,36-,41-,42+,43+,47+/m1/s1. The quantitative estimate of drug-likeness (QED) is 0.0519. The number of carbonyl (C=O) groups excluding carboxylic acids is 7. The zero-order valence-electron chi connectivity index (χ0n) is 39.0. The number of Topliss-reactive ketones (excluding diaryl/α,β-unsaturated/α-hetero) is 2. The molecule has 1 saturated heterocycles. The van der Waals surface area contributed by atoms with E-state index in [0.717, 1.165) is 16.5 Å². The van der Waals surface area contributed by atoms with Gasteiger partial charge in [0.1, 0.15) is 17.8 Å². The van der Waals surface area contributed by atoms with E-state index < -0.39 is 77.3 Å². The van der Waals surface area contributed by atoms with E-state index in [4.69, 9.17) is 5.73 Å². The molecule has 5 rings (SSSR count). The van der Waals surface area contributed by atoms with E-state index in [2.05, 4.69) is 38.9 Å². The van der Waals surface area contributed by atoms with Crippen LogP contribution in [-0.2, 0) is 52.8 Å². The van der Waals surface area contributed by atoms with Gasteiger partial charge in [0.05, 0.1) is 18.2 Å². The van der Waals surface area contributed by atoms with Gasteiger partial charge in [0.15, 0.2) is 11.6 Å². The molecule has 1 aliphatic heterocycles. The number of rotatable bonds is 18. The molecule has 3 aromatic carbocycles. The monoisotopic (exact) mass is 953 g/mol. The van der Waals surface area contributed by atoms with Crippen molar-refractivity contribution in [1.29, 1.82) is 0 Å². The lowest BCUT2D eigenvalue weighted by molar-refractivity contribution is -0.143. The third-order valence-electron chi connectivity index (χ3n) is 12.6. The largest absolute Gasteiger partial charge is 0.508 e. The first-order valence-corrected chi connectivity index (χ1v) is 24.2. The van der Waals surface area contributed by atoms with Crippen LogP contribution in [0.4, 0.5) is 0 Å². The van der Waals surface area contributed by atoms with Gasteiger partial charge in [-0.3, -0.25) is 33.6 Å². The van der Waals surface area contributed by atoms with Crippen molar-refractivity contribution in [2.45, 2.75) is 114 Å². The van der Waals surface area contributed by atoms with Crippen LogP contribution in [0.3, 0.4) is 0 Å². The number of nitrogens with two attached hydrogens (primary N) is 1. The number of ketones is 2. The van der Waals surface area contributed by atoms with Gasteiger partial charge >= 0.3 is 0 Å². The Balaban J connectivity index is 1.60. The van der Waals surface area contributed by atoms with Crippen LogP contribution in [0.25, 0.3) is 10.9 Å². The van der Waals surface area contributed by atoms with Crippen molar-refractivity contribution in [3.63, 3.8) is 0 Å². The number of nitrogens with one attached hydrogen (secondary N) is 5. The number of amides is 5. The molecule has 0 unspecified atom stereocenters. The molecule has 68 heavy (non-hydrogen) atoms. The van der Waals surface area contributed by atoms with Crippen LogP contribution >= 0.6 is 12.6 Å². The number of aromatic hydroxyl groups is 1. The van der Waals surface area contributed by atoms with Crippen molar-refractivity contribution < 1.29 is 43.8 Å². The highest BCUT2D eigenvalue weighted by Gasteiger charge is 2.38. The van der Waals surface area contributed by atoms with Crippen LogP contribution in [0.5, 0.6) is 5.75 Å². The molecule has 0 spiro atoms. The van der Waals surface area contributed by atoms with Crippen molar-refractivity contribution in [2.24, 2.45) is 17.6 Å². The maximum atomic E-state index is 14.9. The first kappa shape index (κ1) is 52.9. The van der Waals surface area contributed by atoms with Gasteiger partial charge in [-0.05, 0) is 92.6 Å². The number of aromatic nitrogens is 1. The number of phenolic OH excluding ortho intramolecular Hbond substituents is 1. The number of nitrogens with zero attached hydrogens (tertiary/aromatic N) is 1. The molecule has 0 radical (unpaired) electrons. The Morgan fingerprint density at radius 3 is 2.12 bits per heavy atom. The first-order valence-electron chi connectivity index (χ1n) is 23.5. The number of carbonyl (C=O) groups is 7. The molecule has 0 aliphatic carbocycles. The molecule has 0 saturated carbocycles. The summed E-state index contributed by atoms with van der Waals surface area (Å²) in [5.41, 5.74) is 8.68. The maximum absolute atomic E-state index is 14.9. The summed E-state index contributed by atoms with van der Waals surface area (Å²) in [4.78, 5) is 105. The second-order valence-corrected chi connectivity index (χ2v) is 18.2. The Hall–Kier alpha value is -6.04. The van der Waals surface area contributed by atoms with E-state index in [0.29, 0.717) is 55.7 Å². The molecule has 4 aromatic rings. The van der Waals surface area contributed by atoms with Crippen LogP contribution in [-0.4, -0.2) is 117 Å². The number of fused-ring (bicyclic) bond motifs is 1. The third kappa shape index (κ3) is 15.5. The number of likely N-dealkylation sites (N-methyl/N-ethyl adjacent to an activating group) is 1. The molecule has 1 aromatic heterocycles. The second-order valence-electron chi connectivity index (χ2n) is 17.8. The van der Waals surface area contributed by atoms with Crippen LogP contribution in [0, 0.1) is 11.8 Å². The van der Waals surface area contributed by atoms with E-state index in [-0.39, 0.29) is 63.0 Å². The Kier molecular flexibility index (Phi) is 20.6. The molecular formula is C51H67N7O9S. The molecule has 0 bridgehead atoms. The van der Waals surface area contributed by atoms with Crippen molar-refractivity contribution in [3.05, 3.63) is 102 Å². The number of hydrogen-bond acceptors (Lipinski definition) is 11. The number of hydrogen-bond donors (Lipinski definition) is 9. The van der Waals surface area contributed by atoms with E-state index in [9.17, 15) is 43.8 Å². The van der Waals surface area contributed by atoms with Crippen molar-refractivity contribution in [2.75, 3.05) is 25.9 Å². The molecule has 2 heterocycles. The minimum absolute atomic E-state index is 0.00572. The number of para-hydroxylation sites is 1. The summed E-state index contributed by atoms with van der Waals surface area (Å²) < 4.78 is 0. The molecule has 366 valence electrons. The van der Waals surface area contributed by atoms with Crippen LogP contribution < -0.4 is 27.0 Å². The maximum Gasteiger partial charge on any atom is 0.245 e. The summed E-state index contributed by atoms with van der Waals surface area (Å²) in [6.07, 6.45) is 2.16. The lowest BCUT2D eigenvalue weighted by Crippen LogP contribution is -2.59. The smallest absolute Gasteiger partial charge is 0.245 e. The van der Waals surface area contributed by atoms with Gasteiger partial charge in [-0.1, -0.05) is 67.1 Å². The summed E-state index contributed by atoms with van der Waals surface area (Å²) in [6, 6.07) is 17.6. The lowest BCUT2D eigenvalue weighted by Gasteiger charge is -2.33. The van der Waals surface area contributed by atoms with Crippen molar-refractivity contribution in [1.82, 2.24) is 31.2 Å². The van der Waals surface area contributed by atoms with Crippen molar-refractivity contribution >= 4 is 64.6 Å². The van der Waals surface area contributed by atoms with Crippen LogP contribution in [0.15, 0.2) is 85.1 Å². The molecule has 5 amide bonds. The zero-order chi connectivity index (χ0) is 49.2. The Bertz CT molecular complexity index is 2320. The molecule has 1 fully saturated rings. The molecule has 9 N–H and O–H groups in total. The normalized spacial score (nSPS) is 21.9. The Morgan fingerprint density at radius 2 is 1.41 bits per heavy atom. The number of H-pyrrole nitrogens is 1. The Morgan fingerprint density at radius 1 is 0.765 bits per heavy atom. The van der Waals surface area contributed by atoms with Gasteiger partial charge in [-0.15, -0.1) is 0 Å². The summed E-state index contributed by atoms with van der Waals surface area (Å²) in [6.45, 7) is 1.99. The number of aliphatic hydroxyl groups is 1. The fourth-order valence-corrected chi connectivity index (χ4v) is 8.90. The van der Waals surface area contributed by atoms with Crippen molar-refractivity contribution in [3.8, 4) is 5.75 Å². The van der Waals surface area contributed by atoms with Gasteiger partial charge in [-0.2, -0.15) is 12.6 Å². The van der Waals surface area contributed by atoms with Gasteiger partial charge in [0.25, 0.3) is 0 Å². The zero-order valence-corrected chi connectivity index (χ0v) is 39.8. The first-order chi connectivity index (χ1) is 32.7. The topological polar surface area (TPSA) is 253 Å². The number of phenols is 1. The van der Waals surface area contributed by atoms with E-state index in [1.54, 1.807) is 48.7 Å². The van der Waals surface area contributed by atoms with E-state index in [1.165, 1.54) is 31.0 Å². The minimum Gasteiger partial charge on any atom is -0.508 e. The average molecular weight is 954 g/mol. The molecule has 7 atom stereocenters.